The molecule has 0 aromatic carbocycles. The van der Waals surface area contributed by atoms with Gasteiger partial charge in [-0.2, -0.15) is 0 Å². The van der Waals surface area contributed by atoms with E-state index in [0.29, 0.717) is 5.92 Å². The van der Waals surface area contributed by atoms with Gasteiger partial charge in [-0.05, 0) is 84.2 Å². The first-order valence-corrected chi connectivity index (χ1v) is 21.3. The minimum Gasteiger partial charge on any atom is -0.347 e. The third-order valence-corrected chi connectivity index (χ3v) is 10.3. The highest BCUT2D eigenvalue weighted by molar-refractivity contribution is 4.84. The van der Waals surface area contributed by atoms with Gasteiger partial charge in [-0.25, -0.2) is 0 Å². The predicted molar refractivity (Wildman–Crippen MR) is 209 cm³/mol. The van der Waals surface area contributed by atoms with Crippen LogP contribution in [0, 0.1) is 5.92 Å². The molecule has 1 heterocycles. The lowest BCUT2D eigenvalue weighted by Crippen LogP contribution is -2.34. The lowest BCUT2D eigenvalue weighted by Gasteiger charge is -2.30. The van der Waals surface area contributed by atoms with E-state index in [0.717, 1.165) is 26.0 Å². The summed E-state index contributed by atoms with van der Waals surface area (Å²) in [7, 11) is 4.33. The molecule has 0 aromatic rings. The molecular weight excluding hydrogens is 574 g/mol. The van der Waals surface area contributed by atoms with Crippen LogP contribution in [0.4, 0.5) is 0 Å². The Balaban J connectivity index is 2.18. The highest BCUT2D eigenvalue weighted by Crippen LogP contribution is 2.37. The molecule has 3 nitrogen and oxygen atoms in total. The summed E-state index contributed by atoms with van der Waals surface area (Å²) in [5.41, 5.74) is 0. The molecule has 1 unspecified atom stereocenters. The summed E-state index contributed by atoms with van der Waals surface area (Å²) in [6.07, 6.45) is 50.0. The summed E-state index contributed by atoms with van der Waals surface area (Å²) in [5, 5.41) is 0. The van der Waals surface area contributed by atoms with Gasteiger partial charge in [0.05, 0.1) is 12.7 Å². The molecule has 1 aliphatic heterocycles. The fourth-order valence-electron chi connectivity index (χ4n) is 7.22. The Kier molecular flexibility index (Phi) is 30.7. The van der Waals surface area contributed by atoms with Gasteiger partial charge < -0.3 is 14.4 Å². The normalized spacial score (nSPS) is 17.2. The van der Waals surface area contributed by atoms with E-state index < -0.39 is 0 Å². The second-order valence-electron chi connectivity index (χ2n) is 15.5. The van der Waals surface area contributed by atoms with Gasteiger partial charge in [-0.15, -0.1) is 0 Å². The van der Waals surface area contributed by atoms with Gasteiger partial charge >= 0.3 is 0 Å². The van der Waals surface area contributed by atoms with E-state index in [4.69, 9.17) is 9.47 Å². The number of nitrogens with zero attached hydrogens (tertiary/aromatic N) is 1. The van der Waals surface area contributed by atoms with Crippen molar-refractivity contribution >= 4 is 0 Å². The van der Waals surface area contributed by atoms with Crippen LogP contribution in [0.25, 0.3) is 0 Å². The first kappa shape index (κ1) is 44.4. The molecule has 2 atom stereocenters. The third-order valence-electron chi connectivity index (χ3n) is 10.3. The maximum Gasteiger partial charge on any atom is 0.168 e. The van der Waals surface area contributed by atoms with Crippen molar-refractivity contribution in [1.29, 1.82) is 0 Å². The first-order chi connectivity index (χ1) is 23.0. The molecule has 0 bridgehead atoms. The summed E-state index contributed by atoms with van der Waals surface area (Å²) in [6.45, 7) is 8.75. The number of hydrogen-bond acceptors (Lipinski definition) is 3. The van der Waals surface area contributed by atoms with E-state index >= 15 is 0 Å². The van der Waals surface area contributed by atoms with Crippen molar-refractivity contribution in [2.45, 2.75) is 225 Å². The predicted octanol–water partition coefficient (Wildman–Crippen LogP) is 14.2. The van der Waals surface area contributed by atoms with Crippen molar-refractivity contribution in [2.75, 3.05) is 27.2 Å². The molecule has 1 aliphatic rings. The Bertz CT molecular complexity index is 659. The Morgan fingerprint density at radius 1 is 0.532 bits per heavy atom. The number of ether oxygens (including phenoxy) is 2. The molecule has 47 heavy (non-hydrogen) atoms. The van der Waals surface area contributed by atoms with Gasteiger partial charge in [0.1, 0.15) is 0 Å². The summed E-state index contributed by atoms with van der Waals surface area (Å²) in [4.78, 5) is 2.28. The fraction of sp³-hybridized carbons (Fsp3) is 0.909. The van der Waals surface area contributed by atoms with E-state index in [1.54, 1.807) is 0 Å². The van der Waals surface area contributed by atoms with Gasteiger partial charge in [0, 0.05) is 19.4 Å². The second kappa shape index (κ2) is 32.6. The Morgan fingerprint density at radius 2 is 0.872 bits per heavy atom. The Morgan fingerprint density at radius 3 is 1.23 bits per heavy atom. The van der Waals surface area contributed by atoms with Crippen molar-refractivity contribution in [3.63, 3.8) is 0 Å². The SMILES string of the molecule is CCCCCCCC/C=C\CCCCCCCCC1(CCCCCCCC/C=C\CCCCCCCC)OC[C@H](C(C)CN(C)C)O1. The second-order valence-corrected chi connectivity index (χ2v) is 15.5. The summed E-state index contributed by atoms with van der Waals surface area (Å²) >= 11 is 0. The summed E-state index contributed by atoms with van der Waals surface area (Å²) in [5.74, 6) is 0.180. The van der Waals surface area contributed by atoms with Crippen molar-refractivity contribution in [1.82, 2.24) is 4.90 Å². The zero-order valence-corrected chi connectivity index (χ0v) is 32.9. The lowest BCUT2D eigenvalue weighted by molar-refractivity contribution is -0.184. The van der Waals surface area contributed by atoms with Gasteiger partial charge in [0.15, 0.2) is 5.79 Å². The zero-order valence-electron chi connectivity index (χ0n) is 32.9. The van der Waals surface area contributed by atoms with Crippen LogP contribution in [0.15, 0.2) is 24.3 Å². The zero-order chi connectivity index (χ0) is 34.1. The van der Waals surface area contributed by atoms with E-state index in [-0.39, 0.29) is 11.9 Å². The molecule has 0 amide bonds. The number of unbranched alkanes of at least 4 members (excludes halogenated alkanes) is 24. The maximum absolute atomic E-state index is 6.80. The molecule has 0 N–H and O–H groups in total. The molecule has 0 aromatic heterocycles. The third kappa shape index (κ3) is 26.8. The van der Waals surface area contributed by atoms with Crippen LogP contribution >= 0.6 is 0 Å². The average Bonchev–Trinajstić information content (AvgIpc) is 3.48. The Hall–Kier alpha value is -0.640. The van der Waals surface area contributed by atoms with Crippen LogP contribution in [0.2, 0.25) is 0 Å². The van der Waals surface area contributed by atoms with Crippen LogP contribution in [-0.4, -0.2) is 44.0 Å². The first-order valence-electron chi connectivity index (χ1n) is 21.3. The number of hydrogen-bond donors (Lipinski definition) is 0. The van der Waals surface area contributed by atoms with Crippen LogP contribution < -0.4 is 0 Å². The fourth-order valence-corrected chi connectivity index (χ4v) is 7.22. The largest absolute Gasteiger partial charge is 0.347 e. The minimum absolute atomic E-state index is 0.237. The monoisotopic (exact) mass is 660 g/mol. The van der Waals surface area contributed by atoms with Crippen molar-refractivity contribution in [3.8, 4) is 0 Å². The molecule has 1 saturated heterocycles. The molecule has 1 rings (SSSR count). The Labute approximate surface area is 296 Å². The lowest BCUT2D eigenvalue weighted by atomic mass is 9.98. The topological polar surface area (TPSA) is 21.7 Å². The number of allylic oxidation sites excluding steroid dienone is 4. The maximum atomic E-state index is 6.80. The summed E-state index contributed by atoms with van der Waals surface area (Å²) < 4.78 is 13.3. The van der Waals surface area contributed by atoms with Gasteiger partial charge in [-0.1, -0.05) is 161 Å². The number of rotatable bonds is 35. The molecule has 0 spiro atoms. The van der Waals surface area contributed by atoms with Crippen molar-refractivity contribution < 1.29 is 9.47 Å². The van der Waals surface area contributed by atoms with E-state index in [1.807, 2.05) is 0 Å². The van der Waals surface area contributed by atoms with E-state index in [2.05, 4.69) is 64.1 Å². The smallest absolute Gasteiger partial charge is 0.168 e. The molecule has 0 saturated carbocycles. The molecular formula is C44H85NO2. The van der Waals surface area contributed by atoms with Crippen molar-refractivity contribution in [2.24, 2.45) is 5.92 Å². The van der Waals surface area contributed by atoms with Crippen LogP contribution in [0.5, 0.6) is 0 Å². The van der Waals surface area contributed by atoms with E-state index in [1.165, 1.54) is 180 Å². The van der Waals surface area contributed by atoms with E-state index in [9.17, 15) is 0 Å². The molecule has 0 aliphatic carbocycles. The quantitative estimate of drug-likeness (QED) is 0.0499. The van der Waals surface area contributed by atoms with Crippen molar-refractivity contribution in [3.05, 3.63) is 24.3 Å². The molecule has 3 heteroatoms. The average molecular weight is 660 g/mol. The highest BCUT2D eigenvalue weighted by Gasteiger charge is 2.42. The van der Waals surface area contributed by atoms with Crippen LogP contribution in [0.1, 0.15) is 213 Å². The molecule has 1 fully saturated rings. The van der Waals surface area contributed by atoms with Gasteiger partial charge in [0.2, 0.25) is 0 Å². The van der Waals surface area contributed by atoms with Crippen LogP contribution in [0.3, 0.4) is 0 Å². The molecule has 0 radical (unpaired) electrons. The van der Waals surface area contributed by atoms with Gasteiger partial charge in [-0.3, -0.25) is 0 Å². The summed E-state index contributed by atoms with van der Waals surface area (Å²) in [6, 6.07) is 0. The molecule has 278 valence electrons. The van der Waals surface area contributed by atoms with Gasteiger partial charge in [0.25, 0.3) is 0 Å². The van der Waals surface area contributed by atoms with Crippen LogP contribution in [-0.2, 0) is 9.47 Å². The standard InChI is InChI=1S/C44H85NO2/c1-6-8-10-12-14-16-18-20-22-24-26-28-30-32-34-36-38-44(46-41-43(47-44)42(3)40-45(4)5)39-37-35-33-31-29-27-25-23-21-19-17-15-13-11-9-7-2/h20-23,42-43H,6-19,24-41H2,1-5H3/b22-20-,23-21-/t42?,43-/m1/s1. The minimum atomic E-state index is -0.327. The highest BCUT2D eigenvalue weighted by atomic mass is 16.7.